The molecule has 2 aromatic carbocycles. The van der Waals surface area contributed by atoms with Crippen molar-refractivity contribution in [2.24, 2.45) is 0 Å². The van der Waals surface area contributed by atoms with Gasteiger partial charge in [0.2, 0.25) is 0 Å². The lowest BCUT2D eigenvalue weighted by Crippen LogP contribution is -2.00. The number of hydrogen-bond acceptors (Lipinski definition) is 5. The van der Waals surface area contributed by atoms with Crippen molar-refractivity contribution in [2.45, 2.75) is 0 Å². The minimum atomic E-state index is 0.155. The van der Waals surface area contributed by atoms with E-state index in [4.69, 9.17) is 4.74 Å². The minimum Gasteiger partial charge on any atom is -0.508 e. The van der Waals surface area contributed by atoms with E-state index in [1.807, 2.05) is 24.3 Å². The third-order valence-corrected chi connectivity index (χ3v) is 3.25. The lowest BCUT2D eigenvalue weighted by molar-refractivity contribution is 0.111. The largest absolute Gasteiger partial charge is 0.508 e. The van der Waals surface area contributed by atoms with Crippen LogP contribution in [0.5, 0.6) is 11.5 Å². The van der Waals surface area contributed by atoms with Crippen molar-refractivity contribution in [3.63, 3.8) is 0 Å². The van der Waals surface area contributed by atoms with E-state index in [1.54, 1.807) is 36.1 Å². The highest BCUT2D eigenvalue weighted by atomic mass is 16.5. The SMILES string of the molecule is COc1cccc(-c2c(C=O)nnn2-c2ccc(O)cc2)c1. The van der Waals surface area contributed by atoms with E-state index < -0.39 is 0 Å². The molecule has 0 aliphatic carbocycles. The molecular weight excluding hydrogens is 282 g/mol. The van der Waals surface area contributed by atoms with Crippen molar-refractivity contribution in [2.75, 3.05) is 7.11 Å². The fourth-order valence-electron chi connectivity index (χ4n) is 2.19. The molecule has 6 nitrogen and oxygen atoms in total. The third-order valence-electron chi connectivity index (χ3n) is 3.25. The molecule has 22 heavy (non-hydrogen) atoms. The normalized spacial score (nSPS) is 10.4. The number of phenols is 1. The van der Waals surface area contributed by atoms with Crippen LogP contribution in [0.25, 0.3) is 16.9 Å². The van der Waals surface area contributed by atoms with Gasteiger partial charge >= 0.3 is 0 Å². The Morgan fingerprint density at radius 2 is 1.95 bits per heavy atom. The highest BCUT2D eigenvalue weighted by Gasteiger charge is 2.16. The second-order valence-electron chi connectivity index (χ2n) is 4.60. The molecule has 0 saturated carbocycles. The molecule has 3 rings (SSSR count). The lowest BCUT2D eigenvalue weighted by atomic mass is 10.1. The first-order valence-corrected chi connectivity index (χ1v) is 6.57. The maximum atomic E-state index is 11.3. The van der Waals surface area contributed by atoms with E-state index in [0.717, 1.165) is 5.56 Å². The van der Waals surface area contributed by atoms with Crippen molar-refractivity contribution in [1.82, 2.24) is 15.0 Å². The van der Waals surface area contributed by atoms with Gasteiger partial charge in [0.05, 0.1) is 12.8 Å². The summed E-state index contributed by atoms with van der Waals surface area (Å²) in [5.41, 5.74) is 2.26. The lowest BCUT2D eigenvalue weighted by Gasteiger charge is -2.08. The maximum Gasteiger partial charge on any atom is 0.172 e. The molecule has 6 heteroatoms. The molecule has 0 aliphatic rings. The molecule has 0 fully saturated rings. The van der Waals surface area contributed by atoms with E-state index in [-0.39, 0.29) is 11.4 Å². The van der Waals surface area contributed by atoms with Crippen LogP contribution in [0.2, 0.25) is 0 Å². The van der Waals surface area contributed by atoms with Crippen LogP contribution >= 0.6 is 0 Å². The van der Waals surface area contributed by atoms with E-state index in [1.165, 1.54) is 0 Å². The molecule has 0 aliphatic heterocycles. The van der Waals surface area contributed by atoms with Crippen LogP contribution in [0.15, 0.2) is 48.5 Å². The van der Waals surface area contributed by atoms with Crippen molar-refractivity contribution >= 4 is 6.29 Å². The first-order chi connectivity index (χ1) is 10.7. The highest BCUT2D eigenvalue weighted by molar-refractivity contribution is 5.84. The fourth-order valence-corrected chi connectivity index (χ4v) is 2.19. The fraction of sp³-hybridized carbons (Fsp3) is 0.0625. The second-order valence-corrected chi connectivity index (χ2v) is 4.60. The Labute approximate surface area is 126 Å². The van der Waals surface area contributed by atoms with Gasteiger partial charge in [-0.05, 0) is 36.4 Å². The van der Waals surface area contributed by atoms with Gasteiger partial charge in [-0.1, -0.05) is 17.3 Å². The van der Waals surface area contributed by atoms with Gasteiger partial charge < -0.3 is 9.84 Å². The van der Waals surface area contributed by atoms with Gasteiger partial charge in [-0.2, -0.15) is 0 Å². The number of benzene rings is 2. The molecule has 0 saturated heterocycles. The summed E-state index contributed by atoms with van der Waals surface area (Å²) in [6, 6.07) is 13.8. The molecule has 1 aromatic heterocycles. The molecule has 0 spiro atoms. The Balaban J connectivity index is 2.19. The number of nitrogens with zero attached hydrogens (tertiary/aromatic N) is 3. The van der Waals surface area contributed by atoms with Crippen LogP contribution in [0, 0.1) is 0 Å². The standard InChI is InChI=1S/C16H13N3O3/c1-22-14-4-2-3-11(9-14)16-15(10-20)17-18-19(16)12-5-7-13(21)8-6-12/h2-10,21H,1H3. The number of aldehydes is 1. The molecule has 1 N–H and O–H groups in total. The summed E-state index contributed by atoms with van der Waals surface area (Å²) in [6.07, 6.45) is 0.665. The summed E-state index contributed by atoms with van der Waals surface area (Å²) < 4.78 is 6.77. The number of aromatic hydroxyl groups is 1. The Morgan fingerprint density at radius 1 is 1.18 bits per heavy atom. The van der Waals surface area contributed by atoms with Crippen molar-refractivity contribution in [3.8, 4) is 28.4 Å². The Morgan fingerprint density at radius 3 is 2.64 bits per heavy atom. The van der Waals surface area contributed by atoms with Gasteiger partial charge in [0.15, 0.2) is 12.0 Å². The smallest absolute Gasteiger partial charge is 0.172 e. The molecule has 0 unspecified atom stereocenters. The zero-order valence-corrected chi connectivity index (χ0v) is 11.8. The average molecular weight is 295 g/mol. The first kappa shape index (κ1) is 13.8. The van der Waals surface area contributed by atoms with Gasteiger partial charge in [0.1, 0.15) is 17.2 Å². The topological polar surface area (TPSA) is 77.2 Å². The third kappa shape index (κ3) is 2.42. The maximum absolute atomic E-state index is 11.3. The summed E-state index contributed by atoms with van der Waals surface area (Å²) in [4.78, 5) is 11.3. The summed E-state index contributed by atoms with van der Waals surface area (Å²) in [6.45, 7) is 0. The number of aromatic nitrogens is 3. The van der Waals surface area contributed by atoms with Gasteiger partial charge in [0.25, 0.3) is 0 Å². The molecule has 0 bridgehead atoms. The second kappa shape index (κ2) is 5.69. The zero-order chi connectivity index (χ0) is 15.5. The number of rotatable bonds is 4. The number of methoxy groups -OCH3 is 1. The van der Waals surface area contributed by atoms with E-state index in [2.05, 4.69) is 10.3 Å². The van der Waals surface area contributed by atoms with Crippen molar-refractivity contribution in [1.29, 1.82) is 0 Å². The van der Waals surface area contributed by atoms with Gasteiger partial charge in [0, 0.05) is 5.56 Å². The summed E-state index contributed by atoms with van der Waals surface area (Å²) in [7, 11) is 1.58. The summed E-state index contributed by atoms with van der Waals surface area (Å²) >= 11 is 0. The monoisotopic (exact) mass is 295 g/mol. The van der Waals surface area contributed by atoms with Crippen molar-refractivity contribution in [3.05, 3.63) is 54.2 Å². The number of hydrogen-bond donors (Lipinski definition) is 1. The number of phenolic OH excluding ortho intramolecular Hbond substituents is 1. The highest BCUT2D eigenvalue weighted by Crippen LogP contribution is 2.27. The number of ether oxygens (including phenoxy) is 1. The molecular formula is C16H13N3O3. The van der Waals surface area contributed by atoms with Crippen LogP contribution < -0.4 is 4.74 Å². The predicted octanol–water partition coefficient (Wildman–Crippen LogP) is 2.46. The minimum absolute atomic E-state index is 0.155. The number of carbonyl (C=O) groups excluding carboxylic acids is 1. The van der Waals surface area contributed by atoms with Crippen molar-refractivity contribution < 1.29 is 14.6 Å². The van der Waals surface area contributed by atoms with Gasteiger partial charge in [-0.25, -0.2) is 4.68 Å². The Bertz CT molecular complexity index is 810. The molecule has 110 valence electrons. The van der Waals surface area contributed by atoms with E-state index in [0.29, 0.717) is 23.4 Å². The van der Waals surface area contributed by atoms with Crippen LogP contribution in [0.4, 0.5) is 0 Å². The van der Waals surface area contributed by atoms with Gasteiger partial charge in [-0.15, -0.1) is 5.10 Å². The van der Waals surface area contributed by atoms with Crippen LogP contribution in [-0.2, 0) is 0 Å². The first-order valence-electron chi connectivity index (χ1n) is 6.57. The molecule has 0 radical (unpaired) electrons. The van der Waals surface area contributed by atoms with Gasteiger partial charge in [-0.3, -0.25) is 4.79 Å². The summed E-state index contributed by atoms with van der Waals surface area (Å²) in [5, 5.41) is 17.3. The van der Waals surface area contributed by atoms with Crippen LogP contribution in [-0.4, -0.2) is 33.5 Å². The van der Waals surface area contributed by atoms with E-state index in [9.17, 15) is 9.90 Å². The average Bonchev–Trinajstić information content (AvgIpc) is 2.99. The molecule has 0 atom stereocenters. The van der Waals surface area contributed by atoms with E-state index >= 15 is 0 Å². The van der Waals surface area contributed by atoms with Crippen LogP contribution in [0.3, 0.4) is 0 Å². The predicted molar refractivity (Wildman–Crippen MR) is 80.4 cm³/mol. The number of carbonyl (C=O) groups is 1. The quantitative estimate of drug-likeness (QED) is 0.748. The Kier molecular flexibility index (Phi) is 3.57. The summed E-state index contributed by atoms with van der Waals surface area (Å²) in [5.74, 6) is 0.829. The Hall–Kier alpha value is -3.15. The molecule has 1 heterocycles. The van der Waals surface area contributed by atoms with Crippen LogP contribution in [0.1, 0.15) is 10.5 Å². The molecule has 3 aromatic rings. The zero-order valence-electron chi connectivity index (χ0n) is 11.8. The molecule has 0 amide bonds.